The Morgan fingerprint density at radius 3 is 2.16 bits per heavy atom. The van der Waals surface area contributed by atoms with E-state index in [-0.39, 0.29) is 30.5 Å². The molecule has 2 aliphatic rings. The summed E-state index contributed by atoms with van der Waals surface area (Å²) in [6.07, 6.45) is 1.60. The summed E-state index contributed by atoms with van der Waals surface area (Å²) in [7, 11) is 0. The van der Waals surface area contributed by atoms with Crippen LogP contribution >= 0.6 is 12.4 Å². The number of halogens is 1. The predicted molar refractivity (Wildman–Crippen MR) is 101 cm³/mol. The molecule has 0 atom stereocenters. The zero-order valence-electron chi connectivity index (χ0n) is 14.0. The maximum absolute atomic E-state index is 12.1. The predicted octanol–water partition coefficient (Wildman–Crippen LogP) is 3.68. The van der Waals surface area contributed by atoms with Crippen LogP contribution in [0.4, 0.5) is 4.79 Å². The van der Waals surface area contributed by atoms with E-state index < -0.39 is 0 Å². The number of hydrogen-bond donors (Lipinski definition) is 2. The lowest BCUT2D eigenvalue weighted by Gasteiger charge is -2.34. The van der Waals surface area contributed by atoms with Crippen LogP contribution in [0.1, 0.15) is 29.9 Å². The molecule has 0 unspecified atom stereocenters. The van der Waals surface area contributed by atoms with Crippen molar-refractivity contribution in [1.82, 2.24) is 5.32 Å². The van der Waals surface area contributed by atoms with Crippen molar-refractivity contribution in [2.75, 3.05) is 13.2 Å². The summed E-state index contributed by atoms with van der Waals surface area (Å²) in [5.74, 6) is 0.658. The number of ether oxygens (including phenoxy) is 1. The molecular weight excluding hydrogens is 336 g/mol. The van der Waals surface area contributed by atoms with Crippen molar-refractivity contribution >= 4 is 18.5 Å². The topological polar surface area (TPSA) is 64.3 Å². The van der Waals surface area contributed by atoms with Gasteiger partial charge >= 0.3 is 6.09 Å². The maximum Gasteiger partial charge on any atom is 0.407 e. The van der Waals surface area contributed by atoms with E-state index in [2.05, 4.69) is 41.7 Å². The number of carbonyl (C=O) groups is 1. The molecule has 1 fully saturated rings. The highest BCUT2D eigenvalue weighted by molar-refractivity contribution is 5.85. The average Bonchev–Trinajstić information content (AvgIpc) is 2.90. The highest BCUT2D eigenvalue weighted by Gasteiger charge is 2.31. The number of amides is 1. The molecule has 132 valence electrons. The van der Waals surface area contributed by atoms with Gasteiger partial charge in [-0.2, -0.15) is 0 Å². The van der Waals surface area contributed by atoms with Crippen molar-refractivity contribution in [3.8, 4) is 11.1 Å². The van der Waals surface area contributed by atoms with Crippen molar-refractivity contribution in [3.63, 3.8) is 0 Å². The van der Waals surface area contributed by atoms with Gasteiger partial charge in [-0.25, -0.2) is 4.79 Å². The van der Waals surface area contributed by atoms with Crippen LogP contribution in [0.15, 0.2) is 48.5 Å². The largest absolute Gasteiger partial charge is 0.449 e. The van der Waals surface area contributed by atoms with E-state index in [4.69, 9.17) is 10.5 Å². The first-order chi connectivity index (χ1) is 11.8. The number of alkyl carbamates (subject to hydrolysis) is 1. The van der Waals surface area contributed by atoms with Gasteiger partial charge in [-0.05, 0) is 47.6 Å². The molecule has 1 amide bonds. The van der Waals surface area contributed by atoms with Crippen molar-refractivity contribution in [2.45, 2.75) is 24.8 Å². The van der Waals surface area contributed by atoms with E-state index in [1.54, 1.807) is 0 Å². The number of hydrogen-bond acceptors (Lipinski definition) is 3. The Bertz CT molecular complexity index is 713. The summed E-state index contributed by atoms with van der Waals surface area (Å²) >= 11 is 0. The van der Waals surface area contributed by atoms with Crippen molar-refractivity contribution in [1.29, 1.82) is 0 Å². The zero-order valence-corrected chi connectivity index (χ0v) is 14.8. The molecule has 3 N–H and O–H groups in total. The highest BCUT2D eigenvalue weighted by atomic mass is 35.5. The molecule has 2 aromatic carbocycles. The Hall–Kier alpha value is -2.04. The van der Waals surface area contributed by atoms with Gasteiger partial charge in [0.1, 0.15) is 6.61 Å². The van der Waals surface area contributed by atoms with Crippen LogP contribution in [0, 0.1) is 5.92 Å². The summed E-state index contributed by atoms with van der Waals surface area (Å²) in [6.45, 7) is 1.07. The lowest BCUT2D eigenvalue weighted by atomic mass is 9.80. The standard InChI is InChI=1S/C20H22N2O2.ClH/c21-11-13-9-14(10-13)22-20(23)24-12-19-17-7-3-1-5-15(17)16-6-2-4-8-18(16)19;/h1-8,13-14,19H,9-12,21H2,(H,22,23);1H. The third kappa shape index (κ3) is 3.37. The Morgan fingerprint density at radius 1 is 1.04 bits per heavy atom. The van der Waals surface area contributed by atoms with Gasteiger partial charge in [-0.3, -0.25) is 0 Å². The van der Waals surface area contributed by atoms with Crippen LogP contribution in [0.25, 0.3) is 11.1 Å². The van der Waals surface area contributed by atoms with Gasteiger partial charge in [0.2, 0.25) is 0 Å². The smallest absolute Gasteiger partial charge is 0.407 e. The van der Waals surface area contributed by atoms with E-state index in [0.717, 1.165) is 12.8 Å². The van der Waals surface area contributed by atoms with Gasteiger partial charge < -0.3 is 15.8 Å². The summed E-state index contributed by atoms with van der Waals surface area (Å²) in [5, 5.41) is 2.94. The van der Waals surface area contributed by atoms with Gasteiger partial charge in [-0.15, -0.1) is 12.4 Å². The molecule has 4 nitrogen and oxygen atoms in total. The van der Waals surface area contributed by atoms with Crippen LogP contribution in [-0.4, -0.2) is 25.3 Å². The highest BCUT2D eigenvalue weighted by Crippen LogP contribution is 2.44. The molecule has 4 rings (SSSR count). The molecular formula is C20H23ClN2O2. The average molecular weight is 359 g/mol. The van der Waals surface area contributed by atoms with Gasteiger partial charge in [-0.1, -0.05) is 48.5 Å². The van der Waals surface area contributed by atoms with Gasteiger partial charge in [0, 0.05) is 12.0 Å². The quantitative estimate of drug-likeness (QED) is 0.876. The first-order valence-electron chi connectivity index (χ1n) is 8.58. The minimum Gasteiger partial charge on any atom is -0.449 e. The molecule has 2 aromatic rings. The number of nitrogens with one attached hydrogen (secondary N) is 1. The zero-order chi connectivity index (χ0) is 16.5. The fourth-order valence-corrected chi connectivity index (χ4v) is 3.85. The van der Waals surface area contributed by atoms with E-state index in [1.807, 2.05) is 12.1 Å². The minimum atomic E-state index is -0.322. The number of benzene rings is 2. The second kappa shape index (κ2) is 7.46. The third-order valence-electron chi connectivity index (χ3n) is 5.23. The molecule has 0 aromatic heterocycles. The Kier molecular flexibility index (Phi) is 5.30. The van der Waals surface area contributed by atoms with Crippen LogP contribution < -0.4 is 11.1 Å². The third-order valence-corrected chi connectivity index (χ3v) is 5.23. The van der Waals surface area contributed by atoms with Gasteiger partial charge in [0.25, 0.3) is 0 Å². The van der Waals surface area contributed by atoms with E-state index in [0.29, 0.717) is 19.1 Å². The SMILES string of the molecule is Cl.NCC1CC(NC(=O)OCC2c3ccccc3-c3ccccc32)C1. The molecule has 25 heavy (non-hydrogen) atoms. The number of fused-ring (bicyclic) bond motifs is 3. The van der Waals surface area contributed by atoms with Crippen LogP contribution in [-0.2, 0) is 4.74 Å². The first kappa shape index (κ1) is 17.8. The van der Waals surface area contributed by atoms with Gasteiger partial charge in [0.05, 0.1) is 0 Å². The Morgan fingerprint density at radius 2 is 1.60 bits per heavy atom. The van der Waals surface area contributed by atoms with Crippen LogP contribution in [0.3, 0.4) is 0 Å². The fraction of sp³-hybridized carbons (Fsp3) is 0.350. The normalized spacial score (nSPS) is 20.7. The number of nitrogens with two attached hydrogens (primary N) is 1. The second-order valence-electron chi connectivity index (χ2n) is 6.74. The minimum absolute atomic E-state index is 0. The summed E-state index contributed by atoms with van der Waals surface area (Å²) in [6, 6.07) is 16.9. The van der Waals surface area contributed by atoms with Crippen molar-refractivity contribution in [3.05, 3.63) is 59.7 Å². The summed E-state index contributed by atoms with van der Waals surface area (Å²) in [5.41, 5.74) is 10.6. The molecule has 0 aliphatic heterocycles. The maximum atomic E-state index is 12.1. The molecule has 0 bridgehead atoms. The summed E-state index contributed by atoms with van der Waals surface area (Å²) in [4.78, 5) is 12.1. The lowest BCUT2D eigenvalue weighted by molar-refractivity contribution is 0.125. The Labute approximate surface area is 154 Å². The Balaban J connectivity index is 0.00000182. The fourth-order valence-electron chi connectivity index (χ4n) is 3.85. The molecule has 0 spiro atoms. The van der Waals surface area contributed by atoms with Crippen LogP contribution in [0.5, 0.6) is 0 Å². The monoisotopic (exact) mass is 358 g/mol. The summed E-state index contributed by atoms with van der Waals surface area (Å²) < 4.78 is 5.53. The van der Waals surface area contributed by atoms with E-state index >= 15 is 0 Å². The molecule has 5 heteroatoms. The molecule has 0 heterocycles. The van der Waals surface area contributed by atoms with Crippen molar-refractivity contribution < 1.29 is 9.53 Å². The van der Waals surface area contributed by atoms with E-state index in [9.17, 15) is 4.79 Å². The van der Waals surface area contributed by atoms with E-state index in [1.165, 1.54) is 22.3 Å². The number of rotatable bonds is 4. The molecule has 0 saturated heterocycles. The first-order valence-corrected chi connectivity index (χ1v) is 8.58. The molecule has 2 aliphatic carbocycles. The van der Waals surface area contributed by atoms with Gasteiger partial charge in [0.15, 0.2) is 0 Å². The molecule has 0 radical (unpaired) electrons. The second-order valence-corrected chi connectivity index (χ2v) is 6.74. The lowest BCUT2D eigenvalue weighted by Crippen LogP contribution is -2.46. The number of carbonyl (C=O) groups excluding carboxylic acids is 1. The molecule has 1 saturated carbocycles. The van der Waals surface area contributed by atoms with Crippen molar-refractivity contribution in [2.24, 2.45) is 11.7 Å². The van der Waals surface area contributed by atoms with Crippen LogP contribution in [0.2, 0.25) is 0 Å².